The van der Waals surface area contributed by atoms with Crippen molar-refractivity contribution < 1.29 is 9.18 Å². The summed E-state index contributed by atoms with van der Waals surface area (Å²) in [5.74, 6) is 1.43. The van der Waals surface area contributed by atoms with Gasteiger partial charge in [0.15, 0.2) is 11.5 Å². The van der Waals surface area contributed by atoms with E-state index in [2.05, 4.69) is 19.7 Å². The van der Waals surface area contributed by atoms with Crippen molar-refractivity contribution in [1.29, 1.82) is 0 Å². The van der Waals surface area contributed by atoms with Crippen molar-refractivity contribution in [2.24, 2.45) is 0 Å². The van der Waals surface area contributed by atoms with Gasteiger partial charge in [-0.2, -0.15) is 0 Å². The highest BCUT2D eigenvalue weighted by Gasteiger charge is 2.47. The highest BCUT2D eigenvalue weighted by Crippen LogP contribution is 2.38. The Balaban J connectivity index is 1.49. The van der Waals surface area contributed by atoms with E-state index < -0.39 is 5.67 Å². The second-order valence-electron chi connectivity index (χ2n) is 7.07. The molecule has 1 aliphatic carbocycles. The van der Waals surface area contributed by atoms with E-state index in [0.29, 0.717) is 25.9 Å². The predicted octanol–water partition coefficient (Wildman–Crippen LogP) is 1.50. The lowest BCUT2D eigenvalue weighted by Crippen LogP contribution is -2.50. The summed E-state index contributed by atoms with van der Waals surface area (Å²) in [6, 6.07) is 0. The van der Waals surface area contributed by atoms with Gasteiger partial charge in [-0.15, -0.1) is 10.2 Å². The van der Waals surface area contributed by atoms with Crippen LogP contribution < -0.4 is 0 Å². The van der Waals surface area contributed by atoms with Crippen molar-refractivity contribution in [3.63, 3.8) is 0 Å². The first-order chi connectivity index (χ1) is 11.2. The molecule has 7 heteroatoms. The van der Waals surface area contributed by atoms with Crippen LogP contribution in [0.5, 0.6) is 0 Å². The molecule has 4 rings (SSSR count). The number of likely N-dealkylation sites (tertiary alicyclic amines) is 1. The zero-order valence-corrected chi connectivity index (χ0v) is 13.5. The number of rotatable bonds is 3. The average molecular weight is 321 g/mol. The van der Waals surface area contributed by atoms with Gasteiger partial charge in [0.2, 0.25) is 0 Å². The van der Waals surface area contributed by atoms with Gasteiger partial charge >= 0.3 is 0 Å². The smallest absolute Gasteiger partial charge is 0.260 e. The Hall–Kier alpha value is -1.50. The molecular weight excluding hydrogens is 297 g/mol. The molecule has 126 valence electrons. The Morgan fingerprint density at radius 1 is 1.04 bits per heavy atom. The summed E-state index contributed by atoms with van der Waals surface area (Å²) in [6.45, 7) is 4.88. The predicted molar refractivity (Wildman–Crippen MR) is 82.3 cm³/mol. The molecular formula is C16H24FN5O. The van der Waals surface area contributed by atoms with E-state index >= 15 is 0 Å². The second kappa shape index (κ2) is 5.85. The summed E-state index contributed by atoms with van der Waals surface area (Å²) in [5, 5.41) is 8.62. The number of halogens is 1. The number of nitrogens with zero attached hydrogens (tertiary/aromatic N) is 5. The van der Waals surface area contributed by atoms with Gasteiger partial charge in [-0.1, -0.05) is 0 Å². The molecule has 0 unspecified atom stereocenters. The lowest BCUT2D eigenvalue weighted by molar-refractivity contribution is -0.150. The van der Waals surface area contributed by atoms with Gasteiger partial charge in [0, 0.05) is 13.1 Å². The van der Waals surface area contributed by atoms with Crippen LogP contribution in [-0.4, -0.2) is 55.8 Å². The summed E-state index contributed by atoms with van der Waals surface area (Å²) >= 11 is 0. The van der Waals surface area contributed by atoms with Crippen molar-refractivity contribution in [2.45, 2.75) is 63.8 Å². The first-order valence-corrected chi connectivity index (χ1v) is 8.77. The van der Waals surface area contributed by atoms with Crippen LogP contribution in [0.15, 0.2) is 0 Å². The van der Waals surface area contributed by atoms with Gasteiger partial charge in [-0.3, -0.25) is 9.69 Å². The molecule has 1 aromatic rings. The first-order valence-electron chi connectivity index (χ1n) is 8.77. The van der Waals surface area contributed by atoms with E-state index in [1.54, 1.807) is 4.90 Å². The SMILES string of the molecule is O=C(N1CCCn2c(CN3CCCC3)nnc2C1)C1(F)CCC1. The van der Waals surface area contributed by atoms with Gasteiger partial charge in [0.25, 0.3) is 5.91 Å². The number of fused-ring (bicyclic) bond motifs is 1. The number of hydrogen-bond acceptors (Lipinski definition) is 4. The summed E-state index contributed by atoms with van der Waals surface area (Å²) in [5.41, 5.74) is -1.62. The fourth-order valence-electron chi connectivity index (χ4n) is 3.83. The zero-order valence-electron chi connectivity index (χ0n) is 13.5. The molecule has 1 saturated carbocycles. The molecule has 0 aromatic carbocycles. The van der Waals surface area contributed by atoms with Crippen LogP contribution in [0.3, 0.4) is 0 Å². The summed E-state index contributed by atoms with van der Waals surface area (Å²) in [4.78, 5) is 16.5. The van der Waals surface area contributed by atoms with E-state index in [1.807, 2.05) is 0 Å². The van der Waals surface area contributed by atoms with E-state index in [1.165, 1.54) is 12.8 Å². The Morgan fingerprint density at radius 3 is 2.52 bits per heavy atom. The fraction of sp³-hybridized carbons (Fsp3) is 0.812. The van der Waals surface area contributed by atoms with Crippen LogP contribution in [0.2, 0.25) is 0 Å². The van der Waals surface area contributed by atoms with E-state index in [9.17, 15) is 9.18 Å². The Bertz CT molecular complexity index is 591. The van der Waals surface area contributed by atoms with Crippen molar-refractivity contribution in [3.05, 3.63) is 11.6 Å². The highest BCUT2D eigenvalue weighted by molar-refractivity contribution is 5.86. The molecule has 3 aliphatic rings. The topological polar surface area (TPSA) is 54.3 Å². The van der Waals surface area contributed by atoms with E-state index in [4.69, 9.17) is 0 Å². The fourth-order valence-corrected chi connectivity index (χ4v) is 3.83. The van der Waals surface area contributed by atoms with Crippen LogP contribution in [0.25, 0.3) is 0 Å². The molecule has 1 amide bonds. The summed E-state index contributed by atoms with van der Waals surface area (Å²) in [6.07, 6.45) is 4.89. The van der Waals surface area contributed by atoms with Crippen molar-refractivity contribution >= 4 is 5.91 Å². The maximum Gasteiger partial charge on any atom is 0.260 e. The van der Waals surface area contributed by atoms with Gasteiger partial charge in [-0.05, 0) is 51.6 Å². The van der Waals surface area contributed by atoms with Crippen LogP contribution in [0.1, 0.15) is 50.2 Å². The molecule has 23 heavy (non-hydrogen) atoms. The number of carbonyl (C=O) groups excluding carboxylic acids is 1. The minimum atomic E-state index is -1.62. The Kier molecular flexibility index (Phi) is 3.83. The quantitative estimate of drug-likeness (QED) is 0.846. The monoisotopic (exact) mass is 321 g/mol. The molecule has 0 bridgehead atoms. The summed E-state index contributed by atoms with van der Waals surface area (Å²) < 4.78 is 16.6. The van der Waals surface area contributed by atoms with E-state index in [0.717, 1.165) is 50.7 Å². The summed E-state index contributed by atoms with van der Waals surface area (Å²) in [7, 11) is 0. The van der Waals surface area contributed by atoms with Crippen LogP contribution >= 0.6 is 0 Å². The largest absolute Gasteiger partial charge is 0.332 e. The van der Waals surface area contributed by atoms with Crippen LogP contribution in [-0.2, 0) is 24.4 Å². The number of amides is 1. The number of carbonyl (C=O) groups is 1. The van der Waals surface area contributed by atoms with E-state index in [-0.39, 0.29) is 5.91 Å². The molecule has 0 radical (unpaired) electrons. The Morgan fingerprint density at radius 2 is 1.83 bits per heavy atom. The first kappa shape index (κ1) is 15.1. The maximum atomic E-state index is 14.4. The van der Waals surface area contributed by atoms with Gasteiger partial charge < -0.3 is 9.47 Å². The third-order valence-electron chi connectivity index (χ3n) is 5.43. The molecule has 0 spiro atoms. The van der Waals surface area contributed by atoms with Crippen LogP contribution in [0.4, 0.5) is 4.39 Å². The van der Waals surface area contributed by atoms with Gasteiger partial charge in [-0.25, -0.2) is 4.39 Å². The number of alkyl halides is 1. The molecule has 2 fully saturated rings. The minimum Gasteiger partial charge on any atom is -0.332 e. The number of aromatic nitrogens is 3. The number of hydrogen-bond donors (Lipinski definition) is 0. The van der Waals surface area contributed by atoms with Crippen molar-refractivity contribution in [1.82, 2.24) is 24.6 Å². The highest BCUT2D eigenvalue weighted by atomic mass is 19.1. The molecule has 2 aliphatic heterocycles. The third kappa shape index (κ3) is 2.75. The lowest BCUT2D eigenvalue weighted by atomic mass is 9.81. The maximum absolute atomic E-state index is 14.4. The molecule has 1 saturated heterocycles. The standard InChI is InChI=1S/C16H24FN5O/c17-16(5-3-6-16)15(23)21-9-4-10-22-13(18-19-14(22)12-21)11-20-7-1-2-8-20/h1-12H2. The molecule has 0 atom stereocenters. The zero-order chi connectivity index (χ0) is 15.9. The molecule has 1 aromatic heterocycles. The van der Waals surface area contributed by atoms with Crippen molar-refractivity contribution in [2.75, 3.05) is 19.6 Å². The minimum absolute atomic E-state index is 0.346. The normalized spacial score (nSPS) is 24.1. The van der Waals surface area contributed by atoms with Crippen LogP contribution in [0, 0.1) is 0 Å². The average Bonchev–Trinajstić information content (AvgIpc) is 3.10. The molecule has 0 N–H and O–H groups in total. The third-order valence-corrected chi connectivity index (χ3v) is 5.43. The van der Waals surface area contributed by atoms with Gasteiger partial charge in [0.05, 0.1) is 13.1 Å². The molecule has 6 nitrogen and oxygen atoms in total. The second-order valence-corrected chi connectivity index (χ2v) is 7.07. The molecule has 3 heterocycles. The van der Waals surface area contributed by atoms with Crippen molar-refractivity contribution in [3.8, 4) is 0 Å². The van der Waals surface area contributed by atoms with Gasteiger partial charge in [0.1, 0.15) is 5.82 Å². The Labute approximate surface area is 135 Å². The lowest BCUT2D eigenvalue weighted by Gasteiger charge is -2.36.